The summed E-state index contributed by atoms with van der Waals surface area (Å²) in [6.45, 7) is 0. The summed E-state index contributed by atoms with van der Waals surface area (Å²) in [5.41, 5.74) is 0.407. The standard InChI is InChI=1S/C15H18FNO3S/c16-11-2-1-3-12(8-11)17-13(18)4-7-21-10-15(5-6-15)9-14(19)20/h1-3,8H,4-7,9-10H2,(H,17,18)(H,19,20). The summed E-state index contributed by atoms with van der Waals surface area (Å²) in [5.74, 6) is 0.134. The third-order valence-electron chi connectivity index (χ3n) is 3.47. The summed E-state index contributed by atoms with van der Waals surface area (Å²) in [4.78, 5) is 22.4. The van der Waals surface area contributed by atoms with E-state index < -0.39 is 5.97 Å². The quantitative estimate of drug-likeness (QED) is 0.724. The van der Waals surface area contributed by atoms with E-state index in [1.807, 2.05) is 0 Å². The number of anilines is 1. The second-order valence-corrected chi connectivity index (χ2v) is 6.54. The number of carboxylic acid groups (broad SMARTS) is 1. The number of halogens is 1. The van der Waals surface area contributed by atoms with Gasteiger partial charge in [-0.25, -0.2) is 4.39 Å². The number of amides is 1. The normalized spacial score (nSPS) is 15.5. The maximum absolute atomic E-state index is 13.0. The van der Waals surface area contributed by atoms with Crippen LogP contribution in [0.15, 0.2) is 24.3 Å². The molecule has 0 aliphatic heterocycles. The predicted octanol–water partition coefficient (Wildman–Crippen LogP) is 3.14. The molecule has 0 radical (unpaired) electrons. The first kappa shape index (κ1) is 15.8. The average Bonchev–Trinajstić information content (AvgIpc) is 3.14. The van der Waals surface area contributed by atoms with Crippen LogP contribution in [0.25, 0.3) is 0 Å². The number of aliphatic carboxylic acids is 1. The molecule has 4 nitrogen and oxygen atoms in total. The van der Waals surface area contributed by atoms with Gasteiger partial charge in [-0.2, -0.15) is 11.8 Å². The molecule has 0 spiro atoms. The zero-order valence-corrected chi connectivity index (χ0v) is 12.4. The molecule has 1 aromatic carbocycles. The Morgan fingerprint density at radius 3 is 2.76 bits per heavy atom. The minimum absolute atomic E-state index is 0.0461. The van der Waals surface area contributed by atoms with Crippen molar-refractivity contribution in [1.82, 2.24) is 0 Å². The van der Waals surface area contributed by atoms with Gasteiger partial charge in [-0.1, -0.05) is 6.07 Å². The number of hydrogen-bond donors (Lipinski definition) is 2. The van der Waals surface area contributed by atoms with E-state index >= 15 is 0 Å². The molecule has 1 aliphatic carbocycles. The zero-order valence-electron chi connectivity index (χ0n) is 11.6. The topological polar surface area (TPSA) is 66.4 Å². The Kier molecular flexibility index (Phi) is 5.22. The minimum atomic E-state index is -0.753. The van der Waals surface area contributed by atoms with Crippen LogP contribution in [0.4, 0.5) is 10.1 Å². The predicted molar refractivity (Wildman–Crippen MR) is 80.9 cm³/mol. The summed E-state index contributed by atoms with van der Waals surface area (Å²) in [6.07, 6.45) is 2.48. The number of hydrogen-bond acceptors (Lipinski definition) is 3. The average molecular weight is 311 g/mol. The van der Waals surface area contributed by atoms with Crippen molar-refractivity contribution in [3.8, 4) is 0 Å². The number of thioether (sulfide) groups is 1. The fraction of sp³-hybridized carbons (Fsp3) is 0.467. The summed E-state index contributed by atoms with van der Waals surface area (Å²) in [7, 11) is 0. The molecule has 1 aromatic rings. The molecule has 1 saturated carbocycles. The van der Waals surface area contributed by atoms with Crippen LogP contribution >= 0.6 is 11.8 Å². The van der Waals surface area contributed by atoms with E-state index in [1.165, 1.54) is 12.1 Å². The third kappa shape index (κ3) is 5.38. The Balaban J connectivity index is 1.65. The fourth-order valence-electron chi connectivity index (χ4n) is 2.11. The first-order valence-electron chi connectivity index (χ1n) is 6.84. The van der Waals surface area contributed by atoms with Gasteiger partial charge in [0.25, 0.3) is 0 Å². The lowest BCUT2D eigenvalue weighted by Gasteiger charge is -2.11. The second-order valence-electron chi connectivity index (χ2n) is 5.43. The van der Waals surface area contributed by atoms with Crippen LogP contribution in [0.3, 0.4) is 0 Å². The van der Waals surface area contributed by atoms with Crippen LogP contribution in [0.2, 0.25) is 0 Å². The van der Waals surface area contributed by atoms with E-state index in [-0.39, 0.29) is 23.6 Å². The number of benzene rings is 1. The second kappa shape index (κ2) is 6.93. The highest BCUT2D eigenvalue weighted by atomic mass is 32.2. The van der Waals surface area contributed by atoms with E-state index in [4.69, 9.17) is 5.11 Å². The van der Waals surface area contributed by atoms with Crippen LogP contribution < -0.4 is 5.32 Å². The molecule has 6 heteroatoms. The van der Waals surface area contributed by atoms with Crippen molar-refractivity contribution in [1.29, 1.82) is 0 Å². The van der Waals surface area contributed by atoms with Crippen molar-refractivity contribution in [3.05, 3.63) is 30.1 Å². The molecule has 21 heavy (non-hydrogen) atoms. The molecule has 0 heterocycles. The largest absolute Gasteiger partial charge is 0.481 e. The highest BCUT2D eigenvalue weighted by Crippen LogP contribution is 2.51. The van der Waals surface area contributed by atoms with Gasteiger partial charge >= 0.3 is 5.97 Å². The Labute approximate surface area is 127 Å². The van der Waals surface area contributed by atoms with Crippen molar-refractivity contribution in [2.45, 2.75) is 25.7 Å². The number of carboxylic acids is 1. The molecule has 0 atom stereocenters. The molecule has 1 aliphatic rings. The number of carbonyl (C=O) groups excluding carboxylic acids is 1. The Hall–Kier alpha value is -1.56. The van der Waals surface area contributed by atoms with Crippen LogP contribution in [-0.4, -0.2) is 28.5 Å². The molecule has 114 valence electrons. The molecule has 0 bridgehead atoms. The van der Waals surface area contributed by atoms with Gasteiger partial charge in [0.05, 0.1) is 6.42 Å². The molecule has 0 aromatic heterocycles. The van der Waals surface area contributed by atoms with Crippen LogP contribution in [0.5, 0.6) is 0 Å². The minimum Gasteiger partial charge on any atom is -0.481 e. The lowest BCUT2D eigenvalue weighted by Crippen LogP contribution is -2.14. The number of nitrogens with one attached hydrogen (secondary N) is 1. The van der Waals surface area contributed by atoms with Crippen molar-refractivity contribution >= 4 is 29.3 Å². The first-order valence-corrected chi connectivity index (χ1v) is 8.00. The van der Waals surface area contributed by atoms with Crippen LogP contribution in [0, 0.1) is 11.2 Å². The molecular formula is C15H18FNO3S. The van der Waals surface area contributed by atoms with Gasteiger partial charge in [0.15, 0.2) is 0 Å². The van der Waals surface area contributed by atoms with Crippen molar-refractivity contribution in [2.75, 3.05) is 16.8 Å². The Morgan fingerprint density at radius 1 is 1.38 bits per heavy atom. The molecule has 2 rings (SSSR count). The van der Waals surface area contributed by atoms with Crippen LogP contribution in [-0.2, 0) is 9.59 Å². The van der Waals surface area contributed by atoms with E-state index in [0.717, 1.165) is 18.6 Å². The molecule has 2 N–H and O–H groups in total. The number of carbonyl (C=O) groups is 2. The van der Waals surface area contributed by atoms with Gasteiger partial charge in [-0.15, -0.1) is 0 Å². The molecule has 0 saturated heterocycles. The lowest BCUT2D eigenvalue weighted by atomic mass is 10.1. The van der Waals surface area contributed by atoms with Crippen LogP contribution in [0.1, 0.15) is 25.7 Å². The van der Waals surface area contributed by atoms with Gasteiger partial charge in [0.1, 0.15) is 5.82 Å². The fourth-order valence-corrected chi connectivity index (χ4v) is 3.41. The summed E-state index contributed by atoms with van der Waals surface area (Å²) >= 11 is 1.61. The van der Waals surface area contributed by atoms with Crippen molar-refractivity contribution < 1.29 is 19.1 Å². The van der Waals surface area contributed by atoms with E-state index in [1.54, 1.807) is 23.9 Å². The van der Waals surface area contributed by atoms with Gasteiger partial charge < -0.3 is 10.4 Å². The van der Waals surface area contributed by atoms with Crippen molar-refractivity contribution in [2.24, 2.45) is 5.41 Å². The smallest absolute Gasteiger partial charge is 0.303 e. The van der Waals surface area contributed by atoms with E-state index in [9.17, 15) is 14.0 Å². The molecular weight excluding hydrogens is 293 g/mol. The Bertz CT molecular complexity index is 531. The maximum Gasteiger partial charge on any atom is 0.303 e. The maximum atomic E-state index is 13.0. The molecule has 1 amide bonds. The first-order chi connectivity index (χ1) is 9.99. The Morgan fingerprint density at radius 2 is 2.14 bits per heavy atom. The van der Waals surface area contributed by atoms with Gasteiger partial charge in [-0.3, -0.25) is 9.59 Å². The third-order valence-corrected chi connectivity index (χ3v) is 4.78. The number of rotatable bonds is 8. The molecule has 1 fully saturated rings. The highest BCUT2D eigenvalue weighted by molar-refractivity contribution is 7.99. The van der Waals surface area contributed by atoms with E-state index in [0.29, 0.717) is 17.9 Å². The SMILES string of the molecule is O=C(O)CC1(CSCCC(=O)Nc2cccc(F)c2)CC1. The molecule has 0 unspecified atom stereocenters. The van der Waals surface area contributed by atoms with Gasteiger partial charge in [-0.05, 0) is 42.2 Å². The zero-order chi connectivity index (χ0) is 15.3. The summed E-state index contributed by atoms with van der Waals surface area (Å²) < 4.78 is 13.0. The highest BCUT2D eigenvalue weighted by Gasteiger charge is 2.43. The van der Waals surface area contributed by atoms with E-state index in [2.05, 4.69) is 5.32 Å². The summed E-state index contributed by atoms with van der Waals surface area (Å²) in [5, 5.41) is 11.5. The van der Waals surface area contributed by atoms with Gasteiger partial charge in [0.2, 0.25) is 5.91 Å². The van der Waals surface area contributed by atoms with Gasteiger partial charge in [0, 0.05) is 17.9 Å². The van der Waals surface area contributed by atoms with Crippen molar-refractivity contribution in [3.63, 3.8) is 0 Å². The summed E-state index contributed by atoms with van der Waals surface area (Å²) in [6, 6.07) is 5.78. The lowest BCUT2D eigenvalue weighted by molar-refractivity contribution is -0.138. The monoisotopic (exact) mass is 311 g/mol.